The molecule has 27 heavy (non-hydrogen) atoms. The number of carbonyl (C=O) groups excluding carboxylic acids is 1. The smallest absolute Gasteiger partial charge is 0.231 e. The Morgan fingerprint density at radius 2 is 1.67 bits per heavy atom. The van der Waals surface area contributed by atoms with Crippen molar-refractivity contribution >= 4 is 44.5 Å². The molecule has 2 nitrogen and oxygen atoms in total. The average Bonchev–Trinajstić information content (AvgIpc) is 3.08. The van der Waals surface area contributed by atoms with E-state index < -0.39 is 0 Å². The quantitative estimate of drug-likeness (QED) is 0.343. The fourth-order valence-corrected chi connectivity index (χ4v) is 5.31. The monoisotopic (exact) mass is 413 g/mol. The van der Waals surface area contributed by atoms with Crippen LogP contribution < -0.4 is 5.32 Å². The Labute approximate surface area is 173 Å². The molecule has 0 spiro atoms. The molecular formula is C22H23NOS3. The van der Waals surface area contributed by atoms with E-state index in [1.165, 1.54) is 5.56 Å². The standard InChI is InChI=1S/C22H23NOS3/c1-14(2)12-16-4-6-17(7-5-16)15(3)22(24)23-19-10-8-18(9-11-19)20-13-21(25)27-26-20/h4-11,13-15H,12H2,1-3H3,(H,23,24). The lowest BCUT2D eigenvalue weighted by Crippen LogP contribution is -2.18. The van der Waals surface area contributed by atoms with Gasteiger partial charge < -0.3 is 5.32 Å². The van der Waals surface area contributed by atoms with Crippen molar-refractivity contribution < 1.29 is 4.79 Å². The molecule has 0 fully saturated rings. The molecular weight excluding hydrogens is 390 g/mol. The lowest BCUT2D eigenvalue weighted by Gasteiger charge is -2.14. The van der Waals surface area contributed by atoms with E-state index in [1.807, 2.05) is 37.3 Å². The van der Waals surface area contributed by atoms with Gasteiger partial charge in [0.05, 0.1) is 5.92 Å². The van der Waals surface area contributed by atoms with E-state index in [0.717, 1.165) is 31.9 Å². The highest BCUT2D eigenvalue weighted by Crippen LogP contribution is 2.30. The third kappa shape index (κ3) is 5.34. The number of hydrogen-bond donors (Lipinski definition) is 1. The zero-order chi connectivity index (χ0) is 19.4. The van der Waals surface area contributed by atoms with Crippen LogP contribution >= 0.6 is 32.9 Å². The Bertz CT molecular complexity index is 952. The third-order valence-electron chi connectivity index (χ3n) is 4.42. The van der Waals surface area contributed by atoms with Gasteiger partial charge in [-0.25, -0.2) is 0 Å². The fraction of sp³-hybridized carbons (Fsp3) is 0.273. The van der Waals surface area contributed by atoms with Crippen LogP contribution in [0.15, 0.2) is 54.6 Å². The van der Waals surface area contributed by atoms with Gasteiger partial charge in [-0.2, -0.15) is 0 Å². The van der Waals surface area contributed by atoms with Crippen molar-refractivity contribution in [3.05, 3.63) is 69.5 Å². The van der Waals surface area contributed by atoms with E-state index in [0.29, 0.717) is 5.92 Å². The second-order valence-corrected chi connectivity index (χ2v) is 10.0. The normalized spacial score (nSPS) is 12.1. The molecule has 0 aliphatic heterocycles. The maximum atomic E-state index is 12.6. The van der Waals surface area contributed by atoms with Gasteiger partial charge in [-0.3, -0.25) is 4.79 Å². The highest BCUT2D eigenvalue weighted by Gasteiger charge is 2.15. The Balaban J connectivity index is 1.64. The number of anilines is 1. The van der Waals surface area contributed by atoms with Crippen molar-refractivity contribution in [2.45, 2.75) is 33.1 Å². The SMILES string of the molecule is CC(C)Cc1ccc(C(C)C(=O)Nc2ccc(-c3cc(=S)ss3)cc2)cc1. The maximum absolute atomic E-state index is 12.6. The van der Waals surface area contributed by atoms with E-state index in [2.05, 4.69) is 43.4 Å². The minimum Gasteiger partial charge on any atom is -0.326 e. The zero-order valence-electron chi connectivity index (χ0n) is 15.7. The average molecular weight is 414 g/mol. The van der Waals surface area contributed by atoms with Gasteiger partial charge in [-0.1, -0.05) is 83.1 Å². The van der Waals surface area contributed by atoms with Crippen LogP contribution in [0.2, 0.25) is 0 Å². The summed E-state index contributed by atoms with van der Waals surface area (Å²) in [6, 6.07) is 18.3. The van der Waals surface area contributed by atoms with Crippen LogP contribution in [0.5, 0.6) is 0 Å². The molecule has 140 valence electrons. The van der Waals surface area contributed by atoms with Gasteiger partial charge in [-0.05, 0) is 54.2 Å². The molecule has 3 rings (SSSR count). The van der Waals surface area contributed by atoms with Crippen molar-refractivity contribution in [1.82, 2.24) is 0 Å². The van der Waals surface area contributed by atoms with Gasteiger partial charge >= 0.3 is 0 Å². The summed E-state index contributed by atoms with van der Waals surface area (Å²) in [6.07, 6.45) is 1.06. The molecule has 0 aliphatic carbocycles. The van der Waals surface area contributed by atoms with E-state index in [1.54, 1.807) is 20.7 Å². The van der Waals surface area contributed by atoms with Crippen LogP contribution in [0.1, 0.15) is 37.8 Å². The topological polar surface area (TPSA) is 29.1 Å². The number of carbonyl (C=O) groups is 1. The molecule has 0 aliphatic rings. The molecule has 5 heteroatoms. The van der Waals surface area contributed by atoms with Crippen molar-refractivity contribution in [1.29, 1.82) is 0 Å². The number of benzene rings is 2. The fourth-order valence-electron chi connectivity index (χ4n) is 2.91. The number of amides is 1. The van der Waals surface area contributed by atoms with Crippen LogP contribution in [-0.2, 0) is 11.2 Å². The summed E-state index contributed by atoms with van der Waals surface area (Å²) in [6.45, 7) is 6.37. The molecule has 1 unspecified atom stereocenters. The summed E-state index contributed by atoms with van der Waals surface area (Å²) in [7, 11) is 3.29. The van der Waals surface area contributed by atoms with Crippen molar-refractivity contribution in [2.75, 3.05) is 5.32 Å². The molecule has 1 atom stereocenters. The van der Waals surface area contributed by atoms with Gasteiger partial charge in [0.25, 0.3) is 0 Å². The highest BCUT2D eigenvalue weighted by molar-refractivity contribution is 7.80. The lowest BCUT2D eigenvalue weighted by atomic mass is 9.96. The Morgan fingerprint density at radius 1 is 1.00 bits per heavy atom. The van der Waals surface area contributed by atoms with E-state index >= 15 is 0 Å². The molecule has 1 N–H and O–H groups in total. The summed E-state index contributed by atoms with van der Waals surface area (Å²) >= 11 is 5.19. The second-order valence-electron chi connectivity index (χ2n) is 7.12. The molecule has 0 radical (unpaired) electrons. The molecule has 0 saturated heterocycles. The first-order chi connectivity index (χ1) is 12.9. The first-order valence-electron chi connectivity index (χ1n) is 9.02. The molecule has 0 bridgehead atoms. The molecule has 1 amide bonds. The minimum atomic E-state index is -0.195. The molecule has 1 heterocycles. The van der Waals surface area contributed by atoms with Gasteiger partial charge in [0, 0.05) is 10.6 Å². The first-order valence-corrected chi connectivity index (χ1v) is 11.6. The molecule has 0 saturated carbocycles. The lowest BCUT2D eigenvalue weighted by molar-refractivity contribution is -0.117. The number of hydrogen-bond acceptors (Lipinski definition) is 4. The van der Waals surface area contributed by atoms with Gasteiger partial charge in [0.1, 0.15) is 3.82 Å². The highest BCUT2D eigenvalue weighted by atomic mass is 32.9. The van der Waals surface area contributed by atoms with Crippen LogP contribution in [0.25, 0.3) is 10.4 Å². The van der Waals surface area contributed by atoms with Crippen LogP contribution in [0.3, 0.4) is 0 Å². The Kier molecular flexibility index (Phi) is 6.58. The number of rotatable bonds is 6. The predicted molar refractivity (Wildman–Crippen MR) is 120 cm³/mol. The van der Waals surface area contributed by atoms with Crippen LogP contribution in [-0.4, -0.2) is 5.91 Å². The van der Waals surface area contributed by atoms with Gasteiger partial charge in [0.2, 0.25) is 5.91 Å². The van der Waals surface area contributed by atoms with Gasteiger partial charge in [0.15, 0.2) is 0 Å². The largest absolute Gasteiger partial charge is 0.326 e. The summed E-state index contributed by atoms with van der Waals surface area (Å²) in [5, 5.41) is 3.02. The first kappa shape index (κ1) is 19.9. The summed E-state index contributed by atoms with van der Waals surface area (Å²) < 4.78 is 0.903. The summed E-state index contributed by atoms with van der Waals surface area (Å²) in [5.74, 6) is 0.442. The Morgan fingerprint density at radius 3 is 2.22 bits per heavy atom. The molecule has 3 aromatic rings. The van der Waals surface area contributed by atoms with Crippen LogP contribution in [0, 0.1) is 9.74 Å². The van der Waals surface area contributed by atoms with E-state index in [4.69, 9.17) is 12.2 Å². The Hall–Kier alpha value is -1.82. The number of nitrogens with one attached hydrogen (secondary N) is 1. The van der Waals surface area contributed by atoms with Gasteiger partial charge in [-0.15, -0.1) is 0 Å². The zero-order valence-corrected chi connectivity index (χ0v) is 18.1. The maximum Gasteiger partial charge on any atom is 0.231 e. The van der Waals surface area contributed by atoms with E-state index in [9.17, 15) is 4.79 Å². The third-order valence-corrected chi connectivity index (χ3v) is 7.33. The van der Waals surface area contributed by atoms with Crippen molar-refractivity contribution in [3.63, 3.8) is 0 Å². The van der Waals surface area contributed by atoms with E-state index in [-0.39, 0.29) is 11.8 Å². The second kappa shape index (κ2) is 8.91. The molecule has 1 aromatic heterocycles. The van der Waals surface area contributed by atoms with Crippen molar-refractivity contribution in [3.8, 4) is 10.4 Å². The summed E-state index contributed by atoms with van der Waals surface area (Å²) in [5.41, 5.74) is 4.29. The predicted octanol–water partition coefficient (Wildman–Crippen LogP) is 7.15. The molecule has 2 aromatic carbocycles. The van der Waals surface area contributed by atoms with Crippen molar-refractivity contribution in [2.24, 2.45) is 5.92 Å². The summed E-state index contributed by atoms with van der Waals surface area (Å²) in [4.78, 5) is 13.8. The van der Waals surface area contributed by atoms with Crippen LogP contribution in [0.4, 0.5) is 5.69 Å². The minimum absolute atomic E-state index is 0.00514.